The van der Waals surface area contributed by atoms with Crippen LogP contribution in [-0.4, -0.2) is 18.1 Å². The van der Waals surface area contributed by atoms with E-state index in [1.807, 2.05) is 30.3 Å². The Morgan fingerprint density at radius 3 is 2.52 bits per heavy atom. The zero-order chi connectivity index (χ0) is 19.1. The van der Waals surface area contributed by atoms with Gasteiger partial charge in [0.15, 0.2) is 6.04 Å². The van der Waals surface area contributed by atoms with E-state index in [0.717, 1.165) is 31.2 Å². The normalized spacial score (nSPS) is 15.1. The van der Waals surface area contributed by atoms with Gasteiger partial charge in [-0.15, -0.1) is 0 Å². The molecule has 1 unspecified atom stereocenters. The maximum absolute atomic E-state index is 12.7. The van der Waals surface area contributed by atoms with Crippen molar-refractivity contribution in [1.29, 1.82) is 0 Å². The minimum atomic E-state index is -0.840. The molecule has 3 rings (SSSR count). The van der Waals surface area contributed by atoms with E-state index in [-0.39, 0.29) is 6.10 Å². The van der Waals surface area contributed by atoms with Crippen LogP contribution >= 0.6 is 0 Å². The smallest absolute Gasteiger partial charge is 0.333 e. The predicted octanol–water partition coefficient (Wildman–Crippen LogP) is 3.30. The van der Waals surface area contributed by atoms with Crippen molar-refractivity contribution in [2.45, 2.75) is 44.4 Å². The van der Waals surface area contributed by atoms with Crippen molar-refractivity contribution in [3.8, 4) is 0 Å². The molecule has 2 aromatic rings. The topological polar surface area (TPSA) is 93.5 Å². The van der Waals surface area contributed by atoms with Gasteiger partial charge in [-0.2, -0.15) is 0 Å². The Hall–Kier alpha value is -3.02. The third kappa shape index (κ3) is 5.48. The fourth-order valence-electron chi connectivity index (χ4n) is 3.23. The SMILES string of the molecule is Nc1cccc(CNC(=O)NC(C(=O)OC2CCCC2)c2ccccc2)c1. The second-order valence-electron chi connectivity index (χ2n) is 6.76. The molecule has 2 amide bonds. The summed E-state index contributed by atoms with van der Waals surface area (Å²) in [6, 6.07) is 15.1. The first kappa shape index (κ1) is 18.8. The van der Waals surface area contributed by atoms with Gasteiger partial charge < -0.3 is 21.1 Å². The second kappa shape index (κ2) is 9.07. The van der Waals surface area contributed by atoms with Crippen LogP contribution in [0.25, 0.3) is 0 Å². The average molecular weight is 367 g/mol. The molecule has 1 aliphatic rings. The van der Waals surface area contributed by atoms with Crippen molar-refractivity contribution >= 4 is 17.7 Å². The van der Waals surface area contributed by atoms with Crippen LogP contribution in [-0.2, 0) is 16.1 Å². The number of ether oxygens (including phenoxy) is 1. The number of nitrogens with two attached hydrogens (primary N) is 1. The highest BCUT2D eigenvalue weighted by atomic mass is 16.5. The highest BCUT2D eigenvalue weighted by Gasteiger charge is 2.28. The molecule has 0 saturated heterocycles. The summed E-state index contributed by atoms with van der Waals surface area (Å²) in [5, 5.41) is 5.50. The third-order valence-corrected chi connectivity index (χ3v) is 4.63. The van der Waals surface area contributed by atoms with Gasteiger partial charge in [-0.05, 0) is 48.9 Å². The summed E-state index contributed by atoms with van der Waals surface area (Å²) in [5.74, 6) is -0.424. The van der Waals surface area contributed by atoms with E-state index >= 15 is 0 Å². The molecular formula is C21H25N3O3. The average Bonchev–Trinajstić information content (AvgIpc) is 3.18. The molecule has 0 radical (unpaired) electrons. The van der Waals surface area contributed by atoms with E-state index in [9.17, 15) is 9.59 Å². The fraction of sp³-hybridized carbons (Fsp3) is 0.333. The van der Waals surface area contributed by atoms with E-state index in [0.29, 0.717) is 17.8 Å². The molecule has 142 valence electrons. The summed E-state index contributed by atoms with van der Waals surface area (Å²) >= 11 is 0. The van der Waals surface area contributed by atoms with Crippen LogP contribution in [0.2, 0.25) is 0 Å². The molecule has 27 heavy (non-hydrogen) atoms. The van der Waals surface area contributed by atoms with Crippen LogP contribution in [0.5, 0.6) is 0 Å². The Kier molecular flexibility index (Phi) is 6.30. The maximum Gasteiger partial charge on any atom is 0.333 e. The Morgan fingerprint density at radius 1 is 1.07 bits per heavy atom. The predicted molar refractivity (Wildman–Crippen MR) is 104 cm³/mol. The minimum Gasteiger partial charge on any atom is -0.461 e. The fourth-order valence-corrected chi connectivity index (χ4v) is 3.23. The summed E-state index contributed by atoms with van der Waals surface area (Å²) in [5.41, 5.74) is 7.96. The van der Waals surface area contributed by atoms with Crippen LogP contribution in [0.3, 0.4) is 0 Å². The number of hydrogen-bond acceptors (Lipinski definition) is 4. The minimum absolute atomic E-state index is 0.0548. The number of rotatable bonds is 6. The number of esters is 1. The number of amides is 2. The van der Waals surface area contributed by atoms with Crippen LogP contribution in [0.1, 0.15) is 42.9 Å². The maximum atomic E-state index is 12.7. The number of nitrogens with one attached hydrogen (secondary N) is 2. The number of carbonyl (C=O) groups is 2. The Bertz CT molecular complexity index is 773. The van der Waals surface area contributed by atoms with E-state index in [1.54, 1.807) is 24.3 Å². The van der Waals surface area contributed by atoms with Crippen LogP contribution < -0.4 is 16.4 Å². The molecule has 6 nitrogen and oxygen atoms in total. The zero-order valence-corrected chi connectivity index (χ0v) is 15.2. The molecule has 2 aromatic carbocycles. The van der Waals surface area contributed by atoms with Gasteiger partial charge in [0.05, 0.1) is 0 Å². The van der Waals surface area contributed by atoms with E-state index in [2.05, 4.69) is 10.6 Å². The molecule has 1 atom stereocenters. The summed E-state index contributed by atoms with van der Waals surface area (Å²) in [6.45, 7) is 0.316. The molecule has 1 fully saturated rings. The van der Waals surface area contributed by atoms with Crippen LogP contribution in [0.4, 0.5) is 10.5 Å². The van der Waals surface area contributed by atoms with E-state index < -0.39 is 18.0 Å². The Morgan fingerprint density at radius 2 is 1.81 bits per heavy atom. The summed E-state index contributed by atoms with van der Waals surface area (Å²) < 4.78 is 5.61. The van der Waals surface area contributed by atoms with Gasteiger partial charge in [0.2, 0.25) is 0 Å². The second-order valence-corrected chi connectivity index (χ2v) is 6.76. The highest BCUT2D eigenvalue weighted by molar-refractivity contribution is 5.84. The summed E-state index contributed by atoms with van der Waals surface area (Å²) in [4.78, 5) is 25.0. The molecule has 0 spiro atoms. The summed E-state index contributed by atoms with van der Waals surface area (Å²) in [7, 11) is 0. The molecule has 6 heteroatoms. The Balaban J connectivity index is 1.63. The molecule has 4 N–H and O–H groups in total. The Labute approximate surface area is 159 Å². The van der Waals surface area contributed by atoms with Crippen molar-refractivity contribution in [3.05, 3.63) is 65.7 Å². The zero-order valence-electron chi connectivity index (χ0n) is 15.2. The molecule has 0 aromatic heterocycles. The van der Waals surface area contributed by atoms with Gasteiger partial charge >= 0.3 is 12.0 Å². The van der Waals surface area contributed by atoms with Gasteiger partial charge in [0.1, 0.15) is 6.10 Å². The van der Waals surface area contributed by atoms with E-state index in [4.69, 9.17) is 10.5 Å². The molecule has 0 aliphatic heterocycles. The van der Waals surface area contributed by atoms with Gasteiger partial charge in [0, 0.05) is 12.2 Å². The largest absolute Gasteiger partial charge is 0.461 e. The van der Waals surface area contributed by atoms with Crippen LogP contribution in [0, 0.1) is 0 Å². The van der Waals surface area contributed by atoms with Gasteiger partial charge in [-0.1, -0.05) is 42.5 Å². The van der Waals surface area contributed by atoms with Gasteiger partial charge in [-0.3, -0.25) is 0 Å². The monoisotopic (exact) mass is 367 g/mol. The van der Waals surface area contributed by atoms with Crippen molar-refractivity contribution in [2.24, 2.45) is 0 Å². The molecule has 0 heterocycles. The van der Waals surface area contributed by atoms with Gasteiger partial charge in [-0.25, -0.2) is 9.59 Å². The number of anilines is 1. The molecule has 1 saturated carbocycles. The highest BCUT2D eigenvalue weighted by Crippen LogP contribution is 2.24. The first-order valence-electron chi connectivity index (χ1n) is 9.26. The first-order valence-corrected chi connectivity index (χ1v) is 9.26. The van der Waals surface area contributed by atoms with Crippen LogP contribution in [0.15, 0.2) is 54.6 Å². The third-order valence-electron chi connectivity index (χ3n) is 4.63. The van der Waals surface area contributed by atoms with Crippen molar-refractivity contribution < 1.29 is 14.3 Å². The lowest BCUT2D eigenvalue weighted by Crippen LogP contribution is -2.41. The quantitative estimate of drug-likeness (QED) is 0.539. The number of urea groups is 1. The summed E-state index contributed by atoms with van der Waals surface area (Å²) in [6.07, 6.45) is 3.86. The van der Waals surface area contributed by atoms with E-state index in [1.165, 1.54) is 0 Å². The lowest BCUT2D eigenvalue weighted by atomic mass is 10.1. The standard InChI is InChI=1S/C21H25N3O3/c22-17-10-6-7-15(13-17)14-23-21(26)24-19(16-8-2-1-3-9-16)20(25)27-18-11-4-5-12-18/h1-3,6-10,13,18-19H,4-5,11-12,14,22H2,(H2,23,24,26). The lowest BCUT2D eigenvalue weighted by molar-refractivity contribution is -0.151. The van der Waals surface area contributed by atoms with Crippen molar-refractivity contribution in [2.75, 3.05) is 5.73 Å². The first-order chi connectivity index (χ1) is 13.1. The molecule has 0 bridgehead atoms. The van der Waals surface area contributed by atoms with Crippen molar-refractivity contribution in [3.63, 3.8) is 0 Å². The van der Waals surface area contributed by atoms with Gasteiger partial charge in [0.25, 0.3) is 0 Å². The number of nitrogen functional groups attached to an aromatic ring is 1. The number of benzene rings is 2. The van der Waals surface area contributed by atoms with Crippen molar-refractivity contribution in [1.82, 2.24) is 10.6 Å². The molecule has 1 aliphatic carbocycles. The number of hydrogen-bond donors (Lipinski definition) is 3. The number of carbonyl (C=O) groups excluding carboxylic acids is 2. The molecular weight excluding hydrogens is 342 g/mol. The lowest BCUT2D eigenvalue weighted by Gasteiger charge is -2.21.